The number of rotatable bonds is 40. The van der Waals surface area contributed by atoms with Crippen LogP contribution in [0.25, 0.3) is 0 Å². The highest BCUT2D eigenvalue weighted by Gasteiger charge is 2.53. The van der Waals surface area contributed by atoms with Crippen LogP contribution in [0.4, 0.5) is 0 Å². The summed E-state index contributed by atoms with van der Waals surface area (Å²) in [4.78, 5) is 13.2. The summed E-state index contributed by atoms with van der Waals surface area (Å²) in [6.45, 7) is 1.73. The van der Waals surface area contributed by atoms with Crippen LogP contribution in [-0.4, -0.2) is 193 Å². The zero-order valence-corrected chi connectivity index (χ0v) is 43.2. The van der Waals surface area contributed by atoms with Gasteiger partial charge in [-0.3, -0.25) is 4.79 Å². The second-order valence-electron chi connectivity index (χ2n) is 20.4. The van der Waals surface area contributed by atoms with Gasteiger partial charge in [-0.05, 0) is 12.8 Å². The molecule has 3 aliphatic rings. The lowest BCUT2D eigenvalue weighted by Gasteiger charge is -2.48. The van der Waals surface area contributed by atoms with Crippen LogP contribution in [0.2, 0.25) is 0 Å². The molecule has 19 nitrogen and oxygen atoms in total. The molecular weight excluding hydrogens is 927 g/mol. The molecule has 3 saturated heterocycles. The summed E-state index contributed by atoms with van der Waals surface area (Å²) in [5, 5.41) is 120. The maximum absolute atomic E-state index is 13.2. The van der Waals surface area contributed by atoms with Crippen LogP contribution in [-0.2, 0) is 33.2 Å². The Morgan fingerprint density at radius 1 is 0.451 bits per heavy atom. The minimum Gasteiger partial charge on any atom is -0.394 e. The SMILES string of the molecule is CCCCCCCCCCCCCCCCCCCCCC(O)C(COC1OC(CO)C(OC2OC(CO)C(OC3OC(CO)C(O)C(O)C3O)C(O)C2O)C(O)C1O)NC(=O)CCCCCCCCC. The molecule has 19 heteroatoms. The third kappa shape index (κ3) is 22.9. The van der Waals surface area contributed by atoms with Crippen molar-refractivity contribution in [2.75, 3.05) is 26.4 Å². The molecule has 3 heterocycles. The first-order valence-corrected chi connectivity index (χ1v) is 27.8. The number of ether oxygens (including phenoxy) is 6. The Labute approximate surface area is 423 Å². The first-order chi connectivity index (χ1) is 34.3. The van der Waals surface area contributed by atoms with Crippen LogP contribution < -0.4 is 5.32 Å². The lowest BCUT2D eigenvalue weighted by Crippen LogP contribution is -2.66. The van der Waals surface area contributed by atoms with Crippen LogP contribution >= 0.6 is 0 Å². The predicted octanol–water partition coefficient (Wildman–Crippen LogP) is 3.26. The molecular formula is C52H99NO18. The van der Waals surface area contributed by atoms with Crippen LogP contribution in [0.1, 0.15) is 194 Å². The van der Waals surface area contributed by atoms with Crippen molar-refractivity contribution in [1.82, 2.24) is 5.32 Å². The zero-order valence-electron chi connectivity index (χ0n) is 43.2. The first kappa shape index (κ1) is 64.1. The number of carbonyl (C=O) groups excluding carboxylic acids is 1. The van der Waals surface area contributed by atoms with Gasteiger partial charge in [-0.25, -0.2) is 0 Å². The molecule has 0 bridgehead atoms. The molecule has 0 aromatic carbocycles. The van der Waals surface area contributed by atoms with Crippen molar-refractivity contribution in [3.63, 3.8) is 0 Å². The van der Waals surface area contributed by atoms with E-state index >= 15 is 0 Å². The van der Waals surface area contributed by atoms with Gasteiger partial charge in [-0.2, -0.15) is 0 Å². The molecule has 71 heavy (non-hydrogen) atoms. The standard InChI is InChI=1S/C52H99NO18/c1-3-5-7-9-11-12-13-14-15-16-17-18-19-20-21-22-24-25-27-29-36(57)35(53-40(58)30-28-26-23-10-8-6-4-2)34-66-50-46(64)43(61)48(38(32-55)68-50)71-52-47(65)44(62)49(39(33-56)69-52)70-51-45(63)42(60)41(59)37(31-54)67-51/h35-39,41-52,54-57,59-65H,3-34H2,1-2H3,(H,53,58). The largest absolute Gasteiger partial charge is 0.394 e. The molecule has 3 rings (SSSR count). The maximum atomic E-state index is 13.2. The minimum absolute atomic E-state index is 0.249. The van der Waals surface area contributed by atoms with E-state index in [1.807, 2.05) is 0 Å². The Morgan fingerprint density at radius 3 is 1.23 bits per heavy atom. The van der Waals surface area contributed by atoms with Crippen molar-refractivity contribution in [3.05, 3.63) is 0 Å². The first-order valence-electron chi connectivity index (χ1n) is 27.8. The molecule has 17 atom stereocenters. The monoisotopic (exact) mass is 1030 g/mol. The molecule has 0 aromatic rings. The molecule has 3 aliphatic heterocycles. The highest BCUT2D eigenvalue weighted by molar-refractivity contribution is 5.76. The molecule has 0 saturated carbocycles. The molecule has 1 amide bonds. The lowest BCUT2D eigenvalue weighted by molar-refractivity contribution is -0.379. The molecule has 12 N–H and O–H groups in total. The van der Waals surface area contributed by atoms with Gasteiger partial charge >= 0.3 is 0 Å². The summed E-state index contributed by atoms with van der Waals surface area (Å²) in [5.41, 5.74) is 0. The van der Waals surface area contributed by atoms with E-state index in [1.165, 1.54) is 103 Å². The van der Waals surface area contributed by atoms with E-state index < -0.39 is 124 Å². The number of unbranched alkanes of at least 4 members (excludes halogenated alkanes) is 24. The van der Waals surface area contributed by atoms with E-state index in [0.717, 1.165) is 57.8 Å². The Hall–Kier alpha value is -1.21. The van der Waals surface area contributed by atoms with Crippen molar-refractivity contribution in [3.8, 4) is 0 Å². The summed E-state index contributed by atoms with van der Waals surface area (Å²) in [5.74, 6) is -0.249. The highest BCUT2D eigenvalue weighted by atomic mass is 16.8. The molecule has 0 radical (unpaired) electrons. The molecule has 420 valence electrons. The molecule has 0 spiro atoms. The van der Waals surface area contributed by atoms with E-state index in [9.17, 15) is 61.0 Å². The normalized spacial score (nSPS) is 32.2. The predicted molar refractivity (Wildman–Crippen MR) is 264 cm³/mol. The Balaban J connectivity index is 1.48. The van der Waals surface area contributed by atoms with Gasteiger partial charge in [0.1, 0.15) is 73.2 Å². The molecule has 3 fully saturated rings. The molecule has 0 aromatic heterocycles. The highest BCUT2D eigenvalue weighted by Crippen LogP contribution is 2.33. The Morgan fingerprint density at radius 2 is 0.803 bits per heavy atom. The van der Waals surface area contributed by atoms with Crippen LogP contribution in [0.15, 0.2) is 0 Å². The van der Waals surface area contributed by atoms with Gasteiger partial charge in [0.15, 0.2) is 18.9 Å². The number of amides is 1. The fourth-order valence-corrected chi connectivity index (χ4v) is 9.78. The fourth-order valence-electron chi connectivity index (χ4n) is 9.78. The van der Waals surface area contributed by atoms with Crippen LogP contribution in [0.3, 0.4) is 0 Å². The average molecular weight is 1030 g/mol. The fraction of sp³-hybridized carbons (Fsp3) is 0.981. The van der Waals surface area contributed by atoms with Gasteiger partial charge in [0.25, 0.3) is 0 Å². The summed E-state index contributed by atoms with van der Waals surface area (Å²) in [6.07, 6.45) is 5.20. The van der Waals surface area contributed by atoms with E-state index in [0.29, 0.717) is 12.8 Å². The second kappa shape index (κ2) is 37.5. The summed E-state index contributed by atoms with van der Waals surface area (Å²) in [6, 6.07) is -0.877. The second-order valence-corrected chi connectivity index (χ2v) is 20.4. The number of hydrogen-bond acceptors (Lipinski definition) is 18. The van der Waals surface area contributed by atoms with Crippen molar-refractivity contribution in [2.45, 2.75) is 298 Å². The average Bonchev–Trinajstić information content (AvgIpc) is 3.36. The third-order valence-electron chi connectivity index (χ3n) is 14.4. The smallest absolute Gasteiger partial charge is 0.220 e. The van der Waals surface area contributed by atoms with Crippen LogP contribution in [0.5, 0.6) is 0 Å². The quantitative estimate of drug-likeness (QED) is 0.0392. The Kier molecular flexibility index (Phi) is 33.9. The van der Waals surface area contributed by atoms with Gasteiger partial charge in [-0.15, -0.1) is 0 Å². The van der Waals surface area contributed by atoms with E-state index in [2.05, 4.69) is 19.2 Å². The number of hydrogen-bond donors (Lipinski definition) is 12. The van der Waals surface area contributed by atoms with Crippen molar-refractivity contribution < 1.29 is 89.4 Å². The van der Waals surface area contributed by atoms with Crippen molar-refractivity contribution >= 4 is 5.91 Å². The topological polar surface area (TPSA) is 307 Å². The van der Waals surface area contributed by atoms with E-state index in [4.69, 9.17) is 28.4 Å². The zero-order chi connectivity index (χ0) is 52.0. The number of aliphatic hydroxyl groups is 11. The van der Waals surface area contributed by atoms with Gasteiger partial charge in [0, 0.05) is 6.42 Å². The summed E-state index contributed by atoms with van der Waals surface area (Å²) < 4.78 is 34.2. The summed E-state index contributed by atoms with van der Waals surface area (Å²) >= 11 is 0. The number of carbonyl (C=O) groups is 1. The maximum Gasteiger partial charge on any atom is 0.220 e. The van der Waals surface area contributed by atoms with E-state index in [1.54, 1.807) is 0 Å². The summed E-state index contributed by atoms with van der Waals surface area (Å²) in [7, 11) is 0. The third-order valence-corrected chi connectivity index (χ3v) is 14.4. The molecule has 0 aliphatic carbocycles. The van der Waals surface area contributed by atoms with Gasteiger partial charge < -0.3 is 89.9 Å². The minimum atomic E-state index is -1.97. The van der Waals surface area contributed by atoms with Gasteiger partial charge in [-0.1, -0.05) is 174 Å². The lowest BCUT2D eigenvalue weighted by atomic mass is 9.96. The van der Waals surface area contributed by atoms with Gasteiger partial charge in [0.2, 0.25) is 5.91 Å². The van der Waals surface area contributed by atoms with Crippen molar-refractivity contribution in [2.24, 2.45) is 0 Å². The van der Waals surface area contributed by atoms with Crippen LogP contribution in [0, 0.1) is 0 Å². The Bertz CT molecular complexity index is 1320. The number of aliphatic hydroxyl groups excluding tert-OH is 11. The van der Waals surface area contributed by atoms with Crippen molar-refractivity contribution in [1.29, 1.82) is 0 Å². The number of nitrogens with one attached hydrogen (secondary N) is 1. The van der Waals surface area contributed by atoms with E-state index in [-0.39, 0.29) is 18.9 Å². The van der Waals surface area contributed by atoms with Gasteiger partial charge in [0.05, 0.1) is 38.6 Å². The molecule has 17 unspecified atom stereocenters.